The van der Waals surface area contributed by atoms with Gasteiger partial charge in [0.05, 0.1) is 14.2 Å². The zero-order valence-electron chi connectivity index (χ0n) is 14.1. The molecule has 0 amide bonds. The highest BCUT2D eigenvalue weighted by atomic mass is 16.5. The fourth-order valence-corrected chi connectivity index (χ4v) is 3.04. The second-order valence-electron chi connectivity index (χ2n) is 6.01. The normalized spacial score (nSPS) is 11.0. The van der Waals surface area contributed by atoms with Crippen LogP contribution in [0.25, 0.3) is 21.9 Å². The average molecular weight is 306 g/mol. The van der Waals surface area contributed by atoms with Crippen molar-refractivity contribution in [2.75, 3.05) is 14.2 Å². The first kappa shape index (κ1) is 15.4. The van der Waals surface area contributed by atoms with Gasteiger partial charge in [0.15, 0.2) is 0 Å². The lowest BCUT2D eigenvalue weighted by Crippen LogP contribution is -1.99. The van der Waals surface area contributed by atoms with E-state index in [1.165, 1.54) is 10.8 Å². The van der Waals surface area contributed by atoms with Gasteiger partial charge in [-0.3, -0.25) is 0 Å². The zero-order chi connectivity index (χ0) is 16.4. The second kappa shape index (κ2) is 6.33. The molecule has 3 aromatic carbocycles. The van der Waals surface area contributed by atoms with Crippen LogP contribution in [0.3, 0.4) is 0 Å². The van der Waals surface area contributed by atoms with Gasteiger partial charge in [-0.15, -0.1) is 0 Å². The Morgan fingerprint density at radius 1 is 0.696 bits per heavy atom. The van der Waals surface area contributed by atoms with E-state index in [4.69, 9.17) is 9.47 Å². The number of rotatable bonds is 4. The van der Waals surface area contributed by atoms with E-state index in [0.717, 1.165) is 28.2 Å². The standard InChI is InChI=1S/C21H22O2/c1-14(2)21-19(22-3)12-18(13-20(21)23-4)17-10-9-15-7-5-6-8-16(15)11-17/h5-14H,1-4H3. The first-order chi connectivity index (χ1) is 11.1. The second-order valence-corrected chi connectivity index (χ2v) is 6.01. The van der Waals surface area contributed by atoms with Gasteiger partial charge < -0.3 is 9.47 Å². The van der Waals surface area contributed by atoms with Gasteiger partial charge in [0.2, 0.25) is 0 Å². The predicted molar refractivity (Wildman–Crippen MR) is 96.6 cm³/mol. The van der Waals surface area contributed by atoms with Gasteiger partial charge in [-0.2, -0.15) is 0 Å². The lowest BCUT2D eigenvalue weighted by atomic mass is 9.95. The molecule has 118 valence electrons. The topological polar surface area (TPSA) is 18.5 Å². The van der Waals surface area contributed by atoms with Crippen molar-refractivity contribution in [3.63, 3.8) is 0 Å². The van der Waals surface area contributed by atoms with Crippen LogP contribution in [-0.4, -0.2) is 14.2 Å². The minimum atomic E-state index is 0.338. The maximum Gasteiger partial charge on any atom is 0.126 e. The molecule has 0 unspecified atom stereocenters. The van der Waals surface area contributed by atoms with Crippen molar-refractivity contribution in [2.45, 2.75) is 19.8 Å². The number of methoxy groups -OCH3 is 2. The van der Waals surface area contributed by atoms with E-state index in [2.05, 4.69) is 68.4 Å². The predicted octanol–water partition coefficient (Wildman–Crippen LogP) is 5.65. The Hall–Kier alpha value is -2.48. The average Bonchev–Trinajstić information content (AvgIpc) is 2.59. The Balaban J connectivity index is 2.18. The van der Waals surface area contributed by atoms with Crippen LogP contribution in [0.4, 0.5) is 0 Å². The molecule has 0 fully saturated rings. The van der Waals surface area contributed by atoms with Crippen LogP contribution in [0.15, 0.2) is 54.6 Å². The molecular formula is C21H22O2. The molecule has 23 heavy (non-hydrogen) atoms. The Bertz CT molecular complexity index is 809. The number of ether oxygens (including phenoxy) is 2. The highest BCUT2D eigenvalue weighted by Gasteiger charge is 2.16. The van der Waals surface area contributed by atoms with Gasteiger partial charge >= 0.3 is 0 Å². The first-order valence-corrected chi connectivity index (χ1v) is 7.89. The highest BCUT2D eigenvalue weighted by molar-refractivity contribution is 5.87. The summed E-state index contributed by atoms with van der Waals surface area (Å²) in [5.74, 6) is 2.09. The van der Waals surface area contributed by atoms with Gasteiger partial charge in [-0.25, -0.2) is 0 Å². The lowest BCUT2D eigenvalue weighted by molar-refractivity contribution is 0.382. The van der Waals surface area contributed by atoms with E-state index in [-0.39, 0.29) is 0 Å². The fraction of sp³-hybridized carbons (Fsp3) is 0.238. The quantitative estimate of drug-likeness (QED) is 0.620. The number of hydrogen-bond donors (Lipinski definition) is 0. The third kappa shape index (κ3) is 2.89. The van der Waals surface area contributed by atoms with E-state index in [0.29, 0.717) is 5.92 Å². The molecule has 0 atom stereocenters. The largest absolute Gasteiger partial charge is 0.496 e. The van der Waals surface area contributed by atoms with E-state index in [1.54, 1.807) is 14.2 Å². The molecule has 0 radical (unpaired) electrons. The molecule has 0 aliphatic rings. The van der Waals surface area contributed by atoms with E-state index in [9.17, 15) is 0 Å². The highest BCUT2D eigenvalue weighted by Crippen LogP contribution is 2.39. The Kier molecular flexibility index (Phi) is 4.24. The summed E-state index contributed by atoms with van der Waals surface area (Å²) >= 11 is 0. The third-order valence-electron chi connectivity index (χ3n) is 4.20. The van der Waals surface area contributed by atoms with Gasteiger partial charge in [0.1, 0.15) is 11.5 Å². The molecule has 0 N–H and O–H groups in total. The summed E-state index contributed by atoms with van der Waals surface area (Å²) in [6.07, 6.45) is 0. The number of hydrogen-bond acceptors (Lipinski definition) is 2. The fourth-order valence-electron chi connectivity index (χ4n) is 3.04. The van der Waals surface area contributed by atoms with Gasteiger partial charge in [0.25, 0.3) is 0 Å². The maximum atomic E-state index is 5.62. The number of benzene rings is 3. The van der Waals surface area contributed by atoms with Crippen LogP contribution in [-0.2, 0) is 0 Å². The summed E-state index contributed by atoms with van der Waals surface area (Å²) in [6, 6.07) is 19.1. The monoisotopic (exact) mass is 306 g/mol. The Morgan fingerprint density at radius 2 is 1.30 bits per heavy atom. The number of fused-ring (bicyclic) bond motifs is 1. The lowest BCUT2D eigenvalue weighted by Gasteiger charge is -2.18. The van der Waals surface area contributed by atoms with Crippen LogP contribution in [0.2, 0.25) is 0 Å². The first-order valence-electron chi connectivity index (χ1n) is 7.89. The molecule has 0 aromatic heterocycles. The molecule has 2 nitrogen and oxygen atoms in total. The molecule has 0 aliphatic heterocycles. The smallest absolute Gasteiger partial charge is 0.126 e. The van der Waals surface area contributed by atoms with Crippen molar-refractivity contribution in [3.05, 3.63) is 60.2 Å². The molecule has 2 heteroatoms. The third-order valence-corrected chi connectivity index (χ3v) is 4.20. The summed E-state index contributed by atoms with van der Waals surface area (Å²) in [5.41, 5.74) is 3.38. The molecule has 0 saturated heterocycles. The summed E-state index contributed by atoms with van der Waals surface area (Å²) in [6.45, 7) is 4.30. The zero-order valence-corrected chi connectivity index (χ0v) is 14.1. The van der Waals surface area contributed by atoms with E-state index in [1.807, 2.05) is 0 Å². The van der Waals surface area contributed by atoms with Crippen molar-refractivity contribution < 1.29 is 9.47 Å². The summed E-state index contributed by atoms with van der Waals surface area (Å²) in [4.78, 5) is 0. The van der Waals surface area contributed by atoms with E-state index >= 15 is 0 Å². The molecule has 0 bridgehead atoms. The van der Waals surface area contributed by atoms with Crippen molar-refractivity contribution in [2.24, 2.45) is 0 Å². The molecule has 3 rings (SSSR count). The van der Waals surface area contributed by atoms with Gasteiger partial charge in [-0.05, 0) is 46.0 Å². The van der Waals surface area contributed by atoms with Crippen LogP contribution >= 0.6 is 0 Å². The Morgan fingerprint density at radius 3 is 1.87 bits per heavy atom. The SMILES string of the molecule is COc1cc(-c2ccc3ccccc3c2)cc(OC)c1C(C)C. The molecule has 0 saturated carbocycles. The van der Waals surface area contributed by atoms with Crippen molar-refractivity contribution in [1.29, 1.82) is 0 Å². The Labute approximate surface area is 137 Å². The van der Waals surface area contributed by atoms with Crippen molar-refractivity contribution in [1.82, 2.24) is 0 Å². The summed E-state index contributed by atoms with van der Waals surface area (Å²) in [7, 11) is 3.43. The van der Waals surface area contributed by atoms with Crippen LogP contribution in [0.5, 0.6) is 11.5 Å². The van der Waals surface area contributed by atoms with Crippen LogP contribution in [0.1, 0.15) is 25.3 Å². The summed E-state index contributed by atoms with van der Waals surface area (Å²) < 4.78 is 11.2. The molecule has 0 heterocycles. The molecular weight excluding hydrogens is 284 g/mol. The minimum absolute atomic E-state index is 0.338. The molecule has 0 spiro atoms. The van der Waals surface area contributed by atoms with E-state index < -0.39 is 0 Å². The van der Waals surface area contributed by atoms with Crippen LogP contribution < -0.4 is 9.47 Å². The van der Waals surface area contributed by atoms with Crippen LogP contribution in [0, 0.1) is 0 Å². The summed E-state index contributed by atoms with van der Waals surface area (Å²) in [5, 5.41) is 2.48. The van der Waals surface area contributed by atoms with Crippen molar-refractivity contribution in [3.8, 4) is 22.6 Å². The maximum absolute atomic E-state index is 5.62. The molecule has 3 aromatic rings. The van der Waals surface area contributed by atoms with Crippen molar-refractivity contribution >= 4 is 10.8 Å². The minimum Gasteiger partial charge on any atom is -0.496 e. The van der Waals surface area contributed by atoms with Gasteiger partial charge in [-0.1, -0.05) is 50.2 Å². The molecule has 0 aliphatic carbocycles. The van der Waals surface area contributed by atoms with Gasteiger partial charge in [0, 0.05) is 5.56 Å².